The van der Waals surface area contributed by atoms with E-state index in [9.17, 15) is 8.42 Å². The van der Waals surface area contributed by atoms with Crippen LogP contribution in [-0.4, -0.2) is 56.5 Å². The fraction of sp³-hybridized carbons (Fsp3) is 0.333. The summed E-state index contributed by atoms with van der Waals surface area (Å²) < 4.78 is 28.4. The average Bonchev–Trinajstić information content (AvgIpc) is 3.03. The number of thioether (sulfide) groups is 1. The number of hydrogen-bond donors (Lipinski definition) is 0. The summed E-state index contributed by atoms with van der Waals surface area (Å²) in [5.41, 5.74) is 2.15. The molecule has 2 aromatic heterocycles. The number of likely N-dealkylation sites (N-methyl/N-ethyl adjacent to an activating group) is 2. The Morgan fingerprint density at radius 3 is 2.41 bits per heavy atom. The number of nitrogens with zero attached hydrogens (tertiary/aromatic N) is 5. The summed E-state index contributed by atoms with van der Waals surface area (Å²) in [6.07, 6.45) is 1.83. The van der Waals surface area contributed by atoms with Gasteiger partial charge in [-0.1, -0.05) is 18.2 Å². The molecule has 0 radical (unpaired) electrons. The van der Waals surface area contributed by atoms with Crippen molar-refractivity contribution in [2.45, 2.75) is 21.7 Å². The number of sulfone groups is 1. The highest BCUT2D eigenvalue weighted by molar-refractivity contribution is 7.99. The molecule has 7 nitrogen and oxygen atoms in total. The smallest absolute Gasteiger partial charge is 0.213 e. The average molecular weight is 404 g/mol. The van der Waals surface area contributed by atoms with Crippen LogP contribution in [0.3, 0.4) is 0 Å². The van der Waals surface area contributed by atoms with Crippen molar-refractivity contribution >= 4 is 38.8 Å². The fourth-order valence-electron chi connectivity index (χ4n) is 3.49. The van der Waals surface area contributed by atoms with Gasteiger partial charge in [0.15, 0.2) is 16.4 Å². The Morgan fingerprint density at radius 1 is 1.07 bits per heavy atom. The Hall–Kier alpha value is -2.26. The van der Waals surface area contributed by atoms with E-state index in [1.54, 1.807) is 34.8 Å². The lowest BCUT2D eigenvalue weighted by atomic mass is 10.2. The van der Waals surface area contributed by atoms with Crippen molar-refractivity contribution in [2.24, 2.45) is 0 Å². The standard InChI is InChI=1S/C18H21N5O2S2/c1-12-14-18(22(3)11-10-21(14)2)23-16(19-12)15(17(20-23)26-4)27(24,25)13-8-6-5-7-9-13/h5-9H,10-11H2,1-4H3. The van der Waals surface area contributed by atoms with E-state index in [4.69, 9.17) is 0 Å². The number of anilines is 2. The van der Waals surface area contributed by atoms with Crippen LogP contribution in [0, 0.1) is 6.92 Å². The van der Waals surface area contributed by atoms with Crippen LogP contribution in [0.5, 0.6) is 0 Å². The largest absolute Gasteiger partial charge is 0.368 e. The first-order chi connectivity index (χ1) is 12.9. The molecule has 0 saturated carbocycles. The molecule has 1 aromatic carbocycles. The van der Waals surface area contributed by atoms with Crippen LogP contribution >= 0.6 is 11.8 Å². The van der Waals surface area contributed by atoms with E-state index in [0.29, 0.717) is 10.7 Å². The van der Waals surface area contributed by atoms with Gasteiger partial charge in [0.05, 0.1) is 10.6 Å². The summed E-state index contributed by atoms with van der Waals surface area (Å²) >= 11 is 1.32. The Bertz CT molecular complexity index is 1130. The maximum Gasteiger partial charge on any atom is 0.213 e. The number of aromatic nitrogens is 3. The number of benzene rings is 1. The minimum atomic E-state index is -3.74. The third-order valence-corrected chi connectivity index (χ3v) is 7.46. The van der Waals surface area contributed by atoms with Gasteiger partial charge in [0.2, 0.25) is 9.84 Å². The van der Waals surface area contributed by atoms with E-state index in [-0.39, 0.29) is 9.79 Å². The first kappa shape index (κ1) is 18.1. The second-order valence-corrected chi connectivity index (χ2v) is 9.28. The van der Waals surface area contributed by atoms with Crippen LogP contribution in [0.25, 0.3) is 5.65 Å². The van der Waals surface area contributed by atoms with Crippen LogP contribution in [-0.2, 0) is 9.84 Å². The Labute approximate surface area is 162 Å². The Kier molecular flexibility index (Phi) is 4.31. The Morgan fingerprint density at radius 2 is 1.74 bits per heavy atom. The molecule has 0 spiro atoms. The van der Waals surface area contributed by atoms with E-state index in [2.05, 4.69) is 19.9 Å². The zero-order valence-electron chi connectivity index (χ0n) is 15.7. The lowest BCUT2D eigenvalue weighted by Crippen LogP contribution is -2.39. The van der Waals surface area contributed by atoms with Crippen LogP contribution in [0.15, 0.2) is 45.1 Å². The molecular formula is C18H21N5O2S2. The first-order valence-electron chi connectivity index (χ1n) is 8.56. The molecule has 4 rings (SSSR count). The second kappa shape index (κ2) is 6.42. The van der Waals surface area contributed by atoms with E-state index in [0.717, 1.165) is 30.3 Å². The van der Waals surface area contributed by atoms with Gasteiger partial charge >= 0.3 is 0 Å². The third-order valence-electron chi connectivity index (χ3n) is 4.85. The highest BCUT2D eigenvalue weighted by atomic mass is 32.2. The third kappa shape index (κ3) is 2.68. The first-order valence-corrected chi connectivity index (χ1v) is 11.3. The summed E-state index contributed by atoms with van der Waals surface area (Å²) in [4.78, 5) is 9.34. The van der Waals surface area contributed by atoms with Crippen LogP contribution < -0.4 is 9.80 Å². The maximum absolute atomic E-state index is 13.4. The fourth-order valence-corrected chi connectivity index (χ4v) is 5.90. The van der Waals surface area contributed by atoms with Gasteiger partial charge in [0.25, 0.3) is 0 Å². The lowest BCUT2D eigenvalue weighted by Gasteiger charge is -2.35. The lowest BCUT2D eigenvalue weighted by molar-refractivity contribution is 0.594. The minimum Gasteiger partial charge on any atom is -0.368 e. The van der Waals surface area contributed by atoms with Gasteiger partial charge in [-0.2, -0.15) is 9.61 Å². The maximum atomic E-state index is 13.4. The number of rotatable bonds is 3. The van der Waals surface area contributed by atoms with Crippen molar-refractivity contribution in [3.8, 4) is 0 Å². The number of aryl methyl sites for hydroxylation is 1. The number of fused-ring (bicyclic) bond motifs is 3. The summed E-state index contributed by atoms with van der Waals surface area (Å²) in [6, 6.07) is 8.46. The molecule has 0 fully saturated rings. The van der Waals surface area contributed by atoms with E-state index < -0.39 is 9.84 Å². The predicted octanol–water partition coefficient (Wildman–Crippen LogP) is 2.48. The quantitative estimate of drug-likeness (QED) is 0.622. The molecule has 0 N–H and O–H groups in total. The zero-order chi connectivity index (χ0) is 19.3. The molecule has 0 amide bonds. The van der Waals surface area contributed by atoms with Crippen molar-refractivity contribution in [1.82, 2.24) is 14.6 Å². The summed E-state index contributed by atoms with van der Waals surface area (Å²) in [5, 5.41) is 5.09. The summed E-state index contributed by atoms with van der Waals surface area (Å²) in [7, 11) is 0.279. The van der Waals surface area contributed by atoms with Crippen LogP contribution in [0.4, 0.5) is 11.5 Å². The van der Waals surface area contributed by atoms with Crippen molar-refractivity contribution in [3.05, 3.63) is 36.0 Å². The van der Waals surface area contributed by atoms with Gasteiger partial charge in [-0.15, -0.1) is 11.8 Å². The van der Waals surface area contributed by atoms with Crippen molar-refractivity contribution in [3.63, 3.8) is 0 Å². The topological polar surface area (TPSA) is 70.8 Å². The molecule has 0 bridgehead atoms. The van der Waals surface area contributed by atoms with E-state index in [1.807, 2.05) is 27.3 Å². The summed E-state index contributed by atoms with van der Waals surface area (Å²) in [5.74, 6) is 0.871. The molecule has 0 atom stereocenters. The predicted molar refractivity (Wildman–Crippen MR) is 108 cm³/mol. The van der Waals surface area contributed by atoms with Crippen molar-refractivity contribution < 1.29 is 8.42 Å². The second-order valence-electron chi connectivity index (χ2n) is 6.60. The van der Waals surface area contributed by atoms with Crippen molar-refractivity contribution in [1.29, 1.82) is 0 Å². The highest BCUT2D eigenvalue weighted by Crippen LogP contribution is 2.39. The molecule has 3 heterocycles. The van der Waals surface area contributed by atoms with Gasteiger partial charge in [-0.05, 0) is 25.3 Å². The monoisotopic (exact) mass is 403 g/mol. The normalized spacial score (nSPS) is 14.7. The van der Waals surface area contributed by atoms with Gasteiger partial charge in [0.1, 0.15) is 10.7 Å². The zero-order valence-corrected chi connectivity index (χ0v) is 17.3. The molecule has 0 unspecified atom stereocenters. The van der Waals surface area contributed by atoms with Crippen molar-refractivity contribution in [2.75, 3.05) is 43.2 Å². The van der Waals surface area contributed by atoms with E-state index >= 15 is 0 Å². The summed E-state index contributed by atoms with van der Waals surface area (Å²) in [6.45, 7) is 3.62. The molecule has 27 heavy (non-hydrogen) atoms. The highest BCUT2D eigenvalue weighted by Gasteiger charge is 2.32. The van der Waals surface area contributed by atoms with Crippen LogP contribution in [0.2, 0.25) is 0 Å². The van der Waals surface area contributed by atoms with Gasteiger partial charge in [0, 0.05) is 27.2 Å². The molecule has 142 valence electrons. The molecular weight excluding hydrogens is 382 g/mol. The molecule has 1 aliphatic rings. The van der Waals surface area contributed by atoms with Gasteiger partial charge in [-0.25, -0.2) is 13.4 Å². The molecule has 3 aromatic rings. The molecule has 1 aliphatic heterocycles. The van der Waals surface area contributed by atoms with Crippen LogP contribution in [0.1, 0.15) is 5.69 Å². The van der Waals surface area contributed by atoms with Gasteiger partial charge in [-0.3, -0.25) is 0 Å². The number of hydrogen-bond acceptors (Lipinski definition) is 7. The molecule has 9 heteroatoms. The minimum absolute atomic E-state index is 0.175. The van der Waals surface area contributed by atoms with Gasteiger partial charge < -0.3 is 9.80 Å². The van der Waals surface area contributed by atoms with E-state index in [1.165, 1.54) is 11.8 Å². The molecule has 0 saturated heterocycles. The SMILES string of the molecule is CSc1nn2c3c(c(C)nc2c1S(=O)(=O)c1ccccc1)N(C)CCN3C. The Balaban J connectivity index is 2.09. The molecule has 0 aliphatic carbocycles.